The van der Waals surface area contributed by atoms with Crippen LogP contribution >= 0.6 is 0 Å². The van der Waals surface area contributed by atoms with E-state index in [0.717, 1.165) is 29.1 Å². The van der Waals surface area contributed by atoms with Crippen molar-refractivity contribution < 1.29 is 23.4 Å². The first kappa shape index (κ1) is 18.6. The fourth-order valence-electron chi connectivity index (χ4n) is 3.31. The Hall–Kier alpha value is -3.74. The summed E-state index contributed by atoms with van der Waals surface area (Å²) in [5.74, 6) is -1.62. The maximum Gasteiger partial charge on any atom is 0.354 e. The first-order chi connectivity index (χ1) is 14.0. The maximum absolute atomic E-state index is 14.5. The summed E-state index contributed by atoms with van der Waals surface area (Å²) < 4.78 is 35.4. The van der Waals surface area contributed by atoms with E-state index >= 15 is 0 Å². The molecule has 0 saturated heterocycles. The zero-order chi connectivity index (χ0) is 20.5. The third-order valence-corrected chi connectivity index (χ3v) is 4.66. The lowest BCUT2D eigenvalue weighted by Crippen LogP contribution is -2.07. The molecule has 0 radical (unpaired) electrons. The van der Waals surface area contributed by atoms with Crippen LogP contribution in [0.1, 0.15) is 16.2 Å². The van der Waals surface area contributed by atoms with Crippen LogP contribution in [0.4, 0.5) is 8.78 Å². The van der Waals surface area contributed by atoms with E-state index in [2.05, 4.69) is 4.98 Å². The summed E-state index contributed by atoms with van der Waals surface area (Å²) in [5, 5.41) is 9.97. The molecular formula is C22H16F2N2O3. The van der Waals surface area contributed by atoms with Gasteiger partial charge in [-0.3, -0.25) is 0 Å². The minimum Gasteiger partial charge on any atom is -0.497 e. The van der Waals surface area contributed by atoms with E-state index in [1.807, 2.05) is 6.07 Å². The number of methoxy groups -OCH3 is 1. The Morgan fingerprint density at radius 3 is 2.69 bits per heavy atom. The number of aromatic carboxylic acids is 1. The summed E-state index contributed by atoms with van der Waals surface area (Å²) in [5.41, 5.74) is 1.71. The number of rotatable bonds is 5. The van der Waals surface area contributed by atoms with Crippen LogP contribution in [-0.2, 0) is 6.54 Å². The lowest BCUT2D eigenvalue weighted by Gasteiger charge is -2.12. The highest BCUT2D eigenvalue weighted by atomic mass is 19.1. The van der Waals surface area contributed by atoms with Crippen molar-refractivity contribution in [2.45, 2.75) is 6.54 Å². The highest BCUT2D eigenvalue weighted by Gasteiger charge is 2.17. The number of halogens is 2. The SMILES string of the molecule is COc1ccc2c(c1)cc(-c1cc(F)ccc1F)n2Cc1cccc(C(=O)O)n1. The molecular weight excluding hydrogens is 378 g/mol. The number of benzene rings is 2. The lowest BCUT2D eigenvalue weighted by molar-refractivity contribution is 0.0690. The third-order valence-electron chi connectivity index (χ3n) is 4.66. The quantitative estimate of drug-likeness (QED) is 0.531. The average Bonchev–Trinajstić information content (AvgIpc) is 3.07. The fraction of sp³-hybridized carbons (Fsp3) is 0.0909. The van der Waals surface area contributed by atoms with Crippen LogP contribution in [0.3, 0.4) is 0 Å². The summed E-state index contributed by atoms with van der Waals surface area (Å²) in [4.78, 5) is 15.4. The Morgan fingerprint density at radius 1 is 1.10 bits per heavy atom. The monoisotopic (exact) mass is 394 g/mol. The van der Waals surface area contributed by atoms with Gasteiger partial charge in [-0.05, 0) is 54.6 Å². The molecule has 29 heavy (non-hydrogen) atoms. The number of carbonyl (C=O) groups is 1. The van der Waals surface area contributed by atoms with Crippen LogP contribution in [0.5, 0.6) is 5.75 Å². The molecule has 0 aliphatic carbocycles. The van der Waals surface area contributed by atoms with Crippen LogP contribution in [-0.4, -0.2) is 27.7 Å². The predicted molar refractivity (Wildman–Crippen MR) is 104 cm³/mol. The molecule has 5 nitrogen and oxygen atoms in total. The van der Waals surface area contributed by atoms with Crippen LogP contribution in [0, 0.1) is 11.6 Å². The molecule has 4 aromatic rings. The van der Waals surface area contributed by atoms with Gasteiger partial charge in [0, 0.05) is 16.5 Å². The number of carboxylic acids is 1. The van der Waals surface area contributed by atoms with E-state index in [1.165, 1.54) is 6.07 Å². The van der Waals surface area contributed by atoms with Crippen molar-refractivity contribution in [3.8, 4) is 17.0 Å². The topological polar surface area (TPSA) is 64.3 Å². The first-order valence-corrected chi connectivity index (χ1v) is 8.78. The molecule has 0 spiro atoms. The highest BCUT2D eigenvalue weighted by Crippen LogP contribution is 2.33. The van der Waals surface area contributed by atoms with Gasteiger partial charge >= 0.3 is 5.97 Å². The number of aromatic nitrogens is 2. The van der Waals surface area contributed by atoms with Crippen molar-refractivity contribution >= 4 is 16.9 Å². The summed E-state index contributed by atoms with van der Waals surface area (Å²) >= 11 is 0. The van der Waals surface area contributed by atoms with Crippen LogP contribution < -0.4 is 4.74 Å². The fourth-order valence-corrected chi connectivity index (χ4v) is 3.31. The molecule has 0 fully saturated rings. The number of hydrogen-bond donors (Lipinski definition) is 1. The smallest absolute Gasteiger partial charge is 0.354 e. The number of ether oxygens (including phenoxy) is 1. The van der Waals surface area contributed by atoms with Crippen LogP contribution in [0.25, 0.3) is 22.2 Å². The van der Waals surface area contributed by atoms with Gasteiger partial charge < -0.3 is 14.4 Å². The Balaban J connectivity index is 1.92. The maximum atomic E-state index is 14.5. The first-order valence-electron chi connectivity index (χ1n) is 8.78. The molecule has 0 bridgehead atoms. The summed E-state index contributed by atoms with van der Waals surface area (Å²) in [6.07, 6.45) is 0. The number of hydrogen-bond acceptors (Lipinski definition) is 3. The molecule has 2 aromatic heterocycles. The number of pyridine rings is 1. The molecule has 1 N–H and O–H groups in total. The van der Waals surface area contributed by atoms with Crippen LogP contribution in [0.2, 0.25) is 0 Å². The van der Waals surface area contributed by atoms with Gasteiger partial charge in [-0.25, -0.2) is 18.6 Å². The second-order valence-corrected chi connectivity index (χ2v) is 6.48. The zero-order valence-corrected chi connectivity index (χ0v) is 15.4. The van der Waals surface area contributed by atoms with Crippen molar-refractivity contribution in [1.82, 2.24) is 9.55 Å². The minimum atomic E-state index is -1.13. The average molecular weight is 394 g/mol. The zero-order valence-electron chi connectivity index (χ0n) is 15.4. The number of fused-ring (bicyclic) bond motifs is 1. The Morgan fingerprint density at radius 2 is 1.93 bits per heavy atom. The van der Waals surface area contributed by atoms with Crippen molar-refractivity contribution in [3.05, 3.63) is 83.7 Å². The van der Waals surface area contributed by atoms with Gasteiger partial charge in [0.15, 0.2) is 0 Å². The van der Waals surface area contributed by atoms with Gasteiger partial charge in [-0.2, -0.15) is 0 Å². The molecule has 2 heterocycles. The molecule has 0 saturated carbocycles. The Labute approximate surface area is 164 Å². The number of nitrogens with zero attached hydrogens (tertiary/aromatic N) is 2. The van der Waals surface area contributed by atoms with Crippen molar-refractivity contribution in [2.75, 3.05) is 7.11 Å². The van der Waals surface area contributed by atoms with Gasteiger partial charge in [0.1, 0.15) is 23.1 Å². The van der Waals surface area contributed by atoms with E-state index in [4.69, 9.17) is 4.74 Å². The third kappa shape index (κ3) is 3.54. The summed E-state index contributed by atoms with van der Waals surface area (Å²) in [7, 11) is 1.55. The van der Waals surface area contributed by atoms with Gasteiger partial charge in [0.2, 0.25) is 0 Å². The predicted octanol–water partition coefficient (Wildman–Crippen LogP) is 4.74. The molecule has 0 aliphatic heterocycles. The van der Waals surface area contributed by atoms with Gasteiger partial charge in [0.05, 0.1) is 25.0 Å². The summed E-state index contributed by atoms with van der Waals surface area (Å²) in [6, 6.07) is 15.1. The Kier molecular flexibility index (Phi) is 4.72. The van der Waals surface area contributed by atoms with E-state index in [-0.39, 0.29) is 17.8 Å². The lowest BCUT2D eigenvalue weighted by atomic mass is 10.1. The molecule has 0 amide bonds. The van der Waals surface area contributed by atoms with E-state index < -0.39 is 17.6 Å². The molecule has 146 valence electrons. The van der Waals surface area contributed by atoms with Gasteiger partial charge in [0.25, 0.3) is 0 Å². The Bertz CT molecular complexity index is 1230. The van der Waals surface area contributed by atoms with Crippen LogP contribution in [0.15, 0.2) is 60.7 Å². The highest BCUT2D eigenvalue weighted by molar-refractivity contribution is 5.88. The molecule has 0 atom stereocenters. The minimum absolute atomic E-state index is 0.0842. The summed E-state index contributed by atoms with van der Waals surface area (Å²) in [6.45, 7) is 0.183. The molecule has 2 aromatic carbocycles. The largest absolute Gasteiger partial charge is 0.497 e. The number of carboxylic acid groups (broad SMARTS) is 1. The molecule has 0 aliphatic rings. The van der Waals surface area contributed by atoms with Crippen molar-refractivity contribution in [2.24, 2.45) is 0 Å². The van der Waals surface area contributed by atoms with Crippen molar-refractivity contribution in [3.63, 3.8) is 0 Å². The normalized spacial score (nSPS) is 11.0. The van der Waals surface area contributed by atoms with E-state index in [9.17, 15) is 18.7 Å². The molecule has 0 unspecified atom stereocenters. The second kappa shape index (κ2) is 7.35. The van der Waals surface area contributed by atoms with Gasteiger partial charge in [-0.15, -0.1) is 0 Å². The van der Waals surface area contributed by atoms with Gasteiger partial charge in [-0.1, -0.05) is 6.07 Å². The molecule has 7 heteroatoms. The van der Waals surface area contributed by atoms with E-state index in [1.54, 1.807) is 42.0 Å². The molecule has 4 rings (SSSR count). The standard InChI is InChI=1S/C22H16F2N2O3/c1-29-16-6-8-20-13(9-16)10-21(17-11-14(23)5-7-18(17)24)26(20)12-15-3-2-4-19(25-15)22(27)28/h2-11H,12H2,1H3,(H,27,28). The van der Waals surface area contributed by atoms with E-state index in [0.29, 0.717) is 17.1 Å². The second-order valence-electron chi connectivity index (χ2n) is 6.48. The van der Waals surface area contributed by atoms with Crippen molar-refractivity contribution in [1.29, 1.82) is 0 Å².